The molecule has 19 heteroatoms. The van der Waals surface area contributed by atoms with E-state index >= 15 is 0 Å². The zero-order valence-corrected chi connectivity index (χ0v) is 18.7. The Morgan fingerprint density at radius 2 is 1.05 bits per heavy atom. The first-order chi connectivity index (χ1) is 16.6. The molecule has 0 spiro atoms. The number of aromatic nitrogens is 4. The number of pyridine rings is 2. The molecule has 3 heterocycles. The van der Waals surface area contributed by atoms with E-state index in [1.54, 1.807) is 0 Å². The summed E-state index contributed by atoms with van der Waals surface area (Å²) in [5, 5.41) is 13.8. The van der Waals surface area contributed by atoms with E-state index in [0.29, 0.717) is 0 Å². The Morgan fingerprint density at radius 1 is 0.711 bits per heavy atom. The van der Waals surface area contributed by atoms with Crippen LogP contribution in [0.4, 0.5) is 52.7 Å². The van der Waals surface area contributed by atoms with Gasteiger partial charge in [-0.05, 0) is 31.2 Å². The summed E-state index contributed by atoms with van der Waals surface area (Å²) in [5.74, 6) is -3.17. The predicted molar refractivity (Wildman–Crippen MR) is 95.4 cm³/mol. The standard InChI is InChI=1S/C19H8F12N4O2.Cu/c1-6-13(14(36)7-2-9(16(20,21)22)32-10(3-7)17(23,24)25)15(37)35(34-6)8-4-11(18(26,27)28)33-12(5-8)19(29,30)31;/h2-5,37H,1H3;. The molecule has 0 saturated heterocycles. The smallest absolute Gasteiger partial charge is 0.433 e. The van der Waals surface area contributed by atoms with Crippen molar-refractivity contribution in [2.75, 3.05) is 0 Å². The van der Waals surface area contributed by atoms with Gasteiger partial charge in [0.2, 0.25) is 11.7 Å². The maximum Gasteiger partial charge on any atom is 0.433 e. The van der Waals surface area contributed by atoms with Gasteiger partial charge in [-0.25, -0.2) is 14.6 Å². The number of nitrogens with zero attached hydrogens (tertiary/aromatic N) is 4. The number of hydrogen-bond acceptors (Lipinski definition) is 5. The van der Waals surface area contributed by atoms with Crippen molar-refractivity contribution in [2.45, 2.75) is 31.6 Å². The molecule has 211 valence electrons. The van der Waals surface area contributed by atoms with Gasteiger partial charge in [0.15, 0.2) is 0 Å². The number of aryl methyl sites for hydroxylation is 1. The molecule has 0 atom stereocenters. The molecule has 0 saturated carbocycles. The zero-order chi connectivity index (χ0) is 28.3. The van der Waals surface area contributed by atoms with Gasteiger partial charge < -0.3 is 5.11 Å². The number of carbonyl (C=O) groups is 1. The zero-order valence-electron chi connectivity index (χ0n) is 17.8. The summed E-state index contributed by atoms with van der Waals surface area (Å²) in [6.45, 7) is 0.872. The summed E-state index contributed by atoms with van der Waals surface area (Å²) in [7, 11) is 0. The van der Waals surface area contributed by atoms with Gasteiger partial charge in [-0.1, -0.05) is 0 Å². The molecular formula is C19H8CuF12N4O2. The van der Waals surface area contributed by atoms with Crippen molar-refractivity contribution in [1.29, 1.82) is 0 Å². The van der Waals surface area contributed by atoms with E-state index in [4.69, 9.17) is 0 Å². The quantitative estimate of drug-likeness (QED) is 0.223. The molecule has 3 aromatic heterocycles. The monoisotopic (exact) mass is 615 g/mol. The van der Waals surface area contributed by atoms with E-state index < -0.39 is 81.7 Å². The largest absolute Gasteiger partial charge is 0.493 e. The third-order valence-corrected chi connectivity index (χ3v) is 4.57. The van der Waals surface area contributed by atoms with Crippen LogP contribution in [-0.2, 0) is 41.8 Å². The molecule has 0 aromatic carbocycles. The van der Waals surface area contributed by atoms with Crippen LogP contribution >= 0.6 is 0 Å². The number of alkyl halides is 12. The van der Waals surface area contributed by atoms with Crippen LogP contribution in [0.5, 0.6) is 5.88 Å². The Morgan fingerprint density at radius 3 is 1.39 bits per heavy atom. The van der Waals surface area contributed by atoms with Gasteiger partial charge in [-0.15, -0.1) is 0 Å². The summed E-state index contributed by atoms with van der Waals surface area (Å²) < 4.78 is 157. The fourth-order valence-electron chi connectivity index (χ4n) is 2.99. The summed E-state index contributed by atoms with van der Waals surface area (Å²) in [4.78, 5) is 17.7. The molecule has 0 aliphatic rings. The summed E-state index contributed by atoms with van der Waals surface area (Å²) in [6, 6.07) is -0.120. The molecular weight excluding hydrogens is 608 g/mol. The molecule has 0 aliphatic heterocycles. The molecule has 0 fully saturated rings. The van der Waals surface area contributed by atoms with Crippen molar-refractivity contribution >= 4 is 5.78 Å². The number of ketones is 1. The maximum absolute atomic E-state index is 13.1. The van der Waals surface area contributed by atoms with Crippen molar-refractivity contribution < 1.29 is 79.7 Å². The van der Waals surface area contributed by atoms with Crippen LogP contribution in [0.1, 0.15) is 44.4 Å². The predicted octanol–water partition coefficient (Wildman–Crippen LogP) is 5.98. The Bertz CT molecular complexity index is 1310. The van der Waals surface area contributed by atoms with Crippen LogP contribution in [0.25, 0.3) is 5.69 Å². The third-order valence-electron chi connectivity index (χ3n) is 4.57. The SMILES string of the molecule is Cc1nn(-c2cc(C(F)(F)F)nc(C(F)(F)F)c2)c(O)c1C(=O)c1cc(C(F)(F)F)nc(C(F)(F)F)c1.[Cu]. The maximum atomic E-state index is 13.1. The van der Waals surface area contributed by atoms with E-state index in [0.717, 1.165) is 6.92 Å². The molecule has 6 nitrogen and oxygen atoms in total. The fraction of sp³-hybridized carbons (Fsp3) is 0.263. The Labute approximate surface area is 212 Å². The number of carbonyl (C=O) groups excluding carboxylic acids is 1. The van der Waals surface area contributed by atoms with Crippen molar-refractivity contribution in [3.05, 3.63) is 63.9 Å². The average Bonchev–Trinajstić information content (AvgIpc) is 3.04. The molecule has 1 N–H and O–H groups in total. The molecule has 0 bridgehead atoms. The minimum absolute atomic E-state index is 0. The Balaban J connectivity index is 0.00000507. The normalized spacial score (nSPS) is 12.9. The van der Waals surface area contributed by atoms with Gasteiger partial charge in [-0.3, -0.25) is 4.79 Å². The second-order valence-electron chi connectivity index (χ2n) is 7.24. The second-order valence-corrected chi connectivity index (χ2v) is 7.24. The Kier molecular flexibility index (Phi) is 7.93. The van der Waals surface area contributed by atoms with Gasteiger partial charge in [0, 0.05) is 22.6 Å². The van der Waals surface area contributed by atoms with Crippen LogP contribution < -0.4 is 0 Å². The van der Waals surface area contributed by atoms with Crippen molar-refractivity contribution in [1.82, 2.24) is 19.7 Å². The molecule has 0 unspecified atom stereocenters. The fourth-order valence-corrected chi connectivity index (χ4v) is 2.99. The number of aromatic hydroxyl groups is 1. The van der Waals surface area contributed by atoms with Crippen LogP contribution in [0.2, 0.25) is 0 Å². The first-order valence-corrected chi connectivity index (χ1v) is 9.27. The van der Waals surface area contributed by atoms with Gasteiger partial charge >= 0.3 is 24.7 Å². The minimum atomic E-state index is -5.45. The third kappa shape index (κ3) is 6.20. The van der Waals surface area contributed by atoms with E-state index in [1.807, 2.05) is 0 Å². The second kappa shape index (κ2) is 9.76. The first-order valence-electron chi connectivity index (χ1n) is 9.27. The summed E-state index contributed by atoms with van der Waals surface area (Å²) >= 11 is 0. The number of halogens is 12. The van der Waals surface area contributed by atoms with Crippen LogP contribution in [0, 0.1) is 6.92 Å². The topological polar surface area (TPSA) is 80.9 Å². The molecule has 3 aromatic rings. The van der Waals surface area contributed by atoms with Crippen molar-refractivity contribution in [3.8, 4) is 11.6 Å². The summed E-state index contributed by atoms with van der Waals surface area (Å²) in [5.41, 5.74) is -12.6. The number of hydrogen-bond donors (Lipinski definition) is 1. The molecule has 38 heavy (non-hydrogen) atoms. The number of rotatable bonds is 3. The van der Waals surface area contributed by atoms with Crippen molar-refractivity contribution in [2.24, 2.45) is 0 Å². The first kappa shape index (κ1) is 30.9. The van der Waals surface area contributed by atoms with E-state index in [-0.39, 0.29) is 46.0 Å². The van der Waals surface area contributed by atoms with Gasteiger partial charge in [0.25, 0.3) is 0 Å². The molecule has 1 radical (unpaired) electrons. The van der Waals surface area contributed by atoms with Crippen molar-refractivity contribution in [3.63, 3.8) is 0 Å². The van der Waals surface area contributed by atoms with Crippen LogP contribution in [0.15, 0.2) is 24.3 Å². The summed E-state index contributed by atoms with van der Waals surface area (Å²) in [6.07, 6.45) is -21.7. The molecule has 0 amide bonds. The van der Waals surface area contributed by atoms with Gasteiger partial charge in [0.1, 0.15) is 28.3 Å². The Hall–Kier alpha value is -3.34. The average molecular weight is 616 g/mol. The van der Waals surface area contributed by atoms with Crippen LogP contribution in [0.3, 0.4) is 0 Å². The van der Waals surface area contributed by atoms with E-state index in [2.05, 4.69) is 15.1 Å². The van der Waals surface area contributed by atoms with E-state index in [1.165, 1.54) is 0 Å². The van der Waals surface area contributed by atoms with Gasteiger partial charge in [-0.2, -0.15) is 57.8 Å². The van der Waals surface area contributed by atoms with Gasteiger partial charge in [0.05, 0.1) is 11.4 Å². The molecule has 0 aliphatic carbocycles. The van der Waals surface area contributed by atoms with E-state index in [9.17, 15) is 62.6 Å². The minimum Gasteiger partial charge on any atom is -0.493 e. The molecule has 3 rings (SSSR count). The van der Waals surface area contributed by atoms with Crippen LogP contribution in [-0.4, -0.2) is 30.6 Å².